The van der Waals surface area contributed by atoms with Crippen LogP contribution in [0.25, 0.3) is 0 Å². The summed E-state index contributed by atoms with van der Waals surface area (Å²) in [5.41, 5.74) is 2.07. The van der Waals surface area contributed by atoms with Crippen LogP contribution >= 0.6 is 11.8 Å². The smallest absolute Gasteiger partial charge is 0.248 e. The van der Waals surface area contributed by atoms with Crippen LogP contribution in [0.15, 0.2) is 42.7 Å². The minimum absolute atomic E-state index is 0.0621. The topological polar surface area (TPSA) is 56.1 Å². The predicted octanol–water partition coefficient (Wildman–Crippen LogP) is 3.50. The van der Waals surface area contributed by atoms with E-state index in [0.717, 1.165) is 37.5 Å². The lowest BCUT2D eigenvalue weighted by Gasteiger charge is -2.21. The highest BCUT2D eigenvalue weighted by Crippen LogP contribution is 2.26. The van der Waals surface area contributed by atoms with Gasteiger partial charge in [0.1, 0.15) is 6.04 Å². The number of carbonyl (C=O) groups excluding carboxylic acids is 1. The Bertz CT molecular complexity index is 654. The summed E-state index contributed by atoms with van der Waals surface area (Å²) < 4.78 is 7.05. The second-order valence-corrected chi connectivity index (χ2v) is 7.26. The Morgan fingerprint density at radius 2 is 2.25 bits per heavy atom. The Morgan fingerprint density at radius 3 is 3.00 bits per heavy atom. The van der Waals surface area contributed by atoms with Crippen LogP contribution in [-0.4, -0.2) is 34.2 Å². The van der Waals surface area contributed by atoms with Crippen molar-refractivity contribution in [3.63, 3.8) is 0 Å². The number of hydrogen-bond donors (Lipinski definition) is 1. The molecule has 6 heteroatoms. The van der Waals surface area contributed by atoms with Crippen LogP contribution in [0.3, 0.4) is 0 Å². The number of rotatable bonds is 6. The zero-order chi connectivity index (χ0) is 16.8. The first kappa shape index (κ1) is 17.0. The molecule has 0 spiro atoms. The molecule has 2 heterocycles. The molecular formula is C18H23N3O2S. The number of anilines is 1. The molecule has 0 radical (unpaired) electrons. The van der Waals surface area contributed by atoms with Crippen molar-refractivity contribution in [2.24, 2.45) is 0 Å². The number of nitrogens with one attached hydrogen (secondary N) is 1. The summed E-state index contributed by atoms with van der Waals surface area (Å²) in [7, 11) is 0. The third-order valence-corrected chi connectivity index (χ3v) is 5.59. The molecule has 1 unspecified atom stereocenters. The van der Waals surface area contributed by atoms with Gasteiger partial charge in [-0.2, -0.15) is 16.9 Å². The lowest BCUT2D eigenvalue weighted by molar-refractivity contribution is -0.119. The maximum atomic E-state index is 12.3. The molecule has 1 aromatic carbocycles. The Morgan fingerprint density at radius 1 is 1.42 bits per heavy atom. The number of thioether (sulfide) groups is 1. The average Bonchev–Trinajstić information content (AvgIpc) is 3.15. The number of carbonyl (C=O) groups is 1. The largest absolute Gasteiger partial charge is 0.381 e. The Balaban J connectivity index is 1.55. The van der Waals surface area contributed by atoms with Crippen LogP contribution in [0.4, 0.5) is 5.69 Å². The van der Waals surface area contributed by atoms with Gasteiger partial charge in [0.15, 0.2) is 0 Å². The minimum Gasteiger partial charge on any atom is -0.381 e. The first-order valence-corrected chi connectivity index (χ1v) is 9.35. The van der Waals surface area contributed by atoms with Crippen LogP contribution in [0.5, 0.6) is 0 Å². The van der Waals surface area contributed by atoms with Crippen molar-refractivity contribution < 1.29 is 9.53 Å². The van der Waals surface area contributed by atoms with E-state index in [0.29, 0.717) is 5.25 Å². The molecule has 1 aliphatic rings. The third kappa shape index (κ3) is 4.61. The molecule has 1 saturated heterocycles. The molecule has 128 valence electrons. The van der Waals surface area contributed by atoms with Crippen molar-refractivity contribution in [2.75, 3.05) is 18.5 Å². The summed E-state index contributed by atoms with van der Waals surface area (Å²) in [6.45, 7) is 3.59. The van der Waals surface area contributed by atoms with Gasteiger partial charge < -0.3 is 10.1 Å². The second kappa shape index (κ2) is 8.35. The molecule has 1 aromatic heterocycles. The SMILES string of the molecule is CC(C(=O)Nc1cccc(CSC2CCOCC2)c1)n1cccn1. The van der Waals surface area contributed by atoms with Crippen molar-refractivity contribution in [1.29, 1.82) is 0 Å². The first-order valence-electron chi connectivity index (χ1n) is 8.30. The van der Waals surface area contributed by atoms with Gasteiger partial charge in [-0.05, 0) is 43.5 Å². The third-order valence-electron chi connectivity index (χ3n) is 4.15. The van der Waals surface area contributed by atoms with Crippen LogP contribution < -0.4 is 5.32 Å². The quantitative estimate of drug-likeness (QED) is 0.871. The summed E-state index contributed by atoms with van der Waals surface area (Å²) in [6.07, 6.45) is 5.73. The Hall–Kier alpha value is -1.79. The zero-order valence-corrected chi connectivity index (χ0v) is 14.7. The van der Waals surface area contributed by atoms with Crippen molar-refractivity contribution >= 4 is 23.4 Å². The van der Waals surface area contributed by atoms with E-state index in [4.69, 9.17) is 4.74 Å². The van der Waals surface area contributed by atoms with E-state index in [1.165, 1.54) is 5.56 Å². The van der Waals surface area contributed by atoms with Crippen molar-refractivity contribution in [3.8, 4) is 0 Å². The fourth-order valence-electron chi connectivity index (χ4n) is 2.67. The summed E-state index contributed by atoms with van der Waals surface area (Å²) >= 11 is 1.98. The van der Waals surface area contributed by atoms with E-state index in [1.807, 2.05) is 36.9 Å². The highest BCUT2D eigenvalue weighted by molar-refractivity contribution is 7.99. The van der Waals surface area contributed by atoms with E-state index in [-0.39, 0.29) is 11.9 Å². The van der Waals surface area contributed by atoms with Crippen LogP contribution in [-0.2, 0) is 15.3 Å². The number of nitrogens with zero attached hydrogens (tertiary/aromatic N) is 2. The van der Waals surface area contributed by atoms with Gasteiger partial charge in [0.25, 0.3) is 0 Å². The zero-order valence-electron chi connectivity index (χ0n) is 13.9. The van der Waals surface area contributed by atoms with Gasteiger partial charge in [-0.25, -0.2) is 0 Å². The molecule has 1 fully saturated rings. The highest BCUT2D eigenvalue weighted by Gasteiger charge is 2.16. The number of benzene rings is 1. The van der Waals surface area contributed by atoms with Crippen molar-refractivity contribution in [2.45, 2.75) is 36.8 Å². The standard InChI is InChI=1S/C18H23N3O2S/c1-14(21-9-3-8-19-21)18(22)20-16-5-2-4-15(12-16)13-24-17-6-10-23-11-7-17/h2-5,8-9,12,14,17H,6-7,10-11,13H2,1H3,(H,20,22). The molecule has 0 aliphatic carbocycles. The lowest BCUT2D eigenvalue weighted by Crippen LogP contribution is -2.24. The van der Waals surface area contributed by atoms with Crippen LogP contribution in [0.2, 0.25) is 0 Å². The molecular weight excluding hydrogens is 322 g/mol. The molecule has 24 heavy (non-hydrogen) atoms. The van der Waals surface area contributed by atoms with Crippen molar-refractivity contribution in [3.05, 3.63) is 48.3 Å². The van der Waals surface area contributed by atoms with Gasteiger partial charge in [-0.3, -0.25) is 9.48 Å². The lowest BCUT2D eigenvalue weighted by atomic mass is 10.2. The van der Waals surface area contributed by atoms with Gasteiger partial charge >= 0.3 is 0 Å². The minimum atomic E-state index is -0.333. The summed E-state index contributed by atoms with van der Waals surface area (Å²) in [4.78, 5) is 12.3. The summed E-state index contributed by atoms with van der Waals surface area (Å²) in [5, 5.41) is 7.78. The molecule has 5 nitrogen and oxygen atoms in total. The maximum absolute atomic E-state index is 12.3. The fourth-order valence-corrected chi connectivity index (χ4v) is 3.81. The number of ether oxygens (including phenoxy) is 1. The van der Waals surface area contributed by atoms with E-state index in [9.17, 15) is 4.79 Å². The maximum Gasteiger partial charge on any atom is 0.248 e. The summed E-state index contributed by atoms with van der Waals surface area (Å²) in [5.74, 6) is 0.899. The Labute approximate surface area is 146 Å². The number of amides is 1. The van der Waals surface area contributed by atoms with E-state index >= 15 is 0 Å². The molecule has 0 bridgehead atoms. The van der Waals surface area contributed by atoms with Crippen molar-refractivity contribution in [1.82, 2.24) is 9.78 Å². The molecule has 3 rings (SSSR count). The van der Waals surface area contributed by atoms with Crippen LogP contribution in [0.1, 0.15) is 31.4 Å². The van der Waals surface area contributed by atoms with E-state index < -0.39 is 0 Å². The molecule has 2 aromatic rings. The fraction of sp³-hybridized carbons (Fsp3) is 0.444. The first-order chi connectivity index (χ1) is 11.7. The van der Waals surface area contributed by atoms with Gasteiger partial charge in [0, 0.05) is 42.3 Å². The Kier molecular flexibility index (Phi) is 5.93. The molecule has 0 saturated carbocycles. The molecule has 1 atom stereocenters. The average molecular weight is 345 g/mol. The molecule has 1 amide bonds. The number of aromatic nitrogens is 2. The number of hydrogen-bond acceptors (Lipinski definition) is 4. The van der Waals surface area contributed by atoms with Gasteiger partial charge in [-0.15, -0.1) is 0 Å². The van der Waals surface area contributed by atoms with E-state index in [2.05, 4.69) is 22.5 Å². The molecule has 1 aliphatic heterocycles. The monoisotopic (exact) mass is 345 g/mol. The van der Waals surface area contributed by atoms with Crippen LogP contribution in [0, 0.1) is 0 Å². The normalized spacial score (nSPS) is 16.7. The second-order valence-electron chi connectivity index (χ2n) is 5.97. The molecule has 1 N–H and O–H groups in total. The van der Waals surface area contributed by atoms with Gasteiger partial charge in [-0.1, -0.05) is 12.1 Å². The van der Waals surface area contributed by atoms with E-state index in [1.54, 1.807) is 17.1 Å². The predicted molar refractivity (Wildman–Crippen MR) is 97.1 cm³/mol. The van der Waals surface area contributed by atoms with Gasteiger partial charge in [0.05, 0.1) is 0 Å². The summed E-state index contributed by atoms with van der Waals surface area (Å²) in [6, 6.07) is 9.57. The van der Waals surface area contributed by atoms with Gasteiger partial charge in [0.2, 0.25) is 5.91 Å². The highest BCUT2D eigenvalue weighted by atomic mass is 32.2.